The molecule has 6 nitrogen and oxygen atoms in total. The monoisotopic (exact) mass is 266 g/mol. The van der Waals surface area contributed by atoms with E-state index in [9.17, 15) is 14.9 Å². The second kappa shape index (κ2) is 4.69. The van der Waals surface area contributed by atoms with Crippen molar-refractivity contribution in [3.63, 3.8) is 0 Å². The molecular weight excluding hydrogens is 256 g/mol. The largest absolute Gasteiger partial charge is 0.461 e. The minimum Gasteiger partial charge on any atom is -0.461 e. The molecule has 94 valence electrons. The van der Waals surface area contributed by atoms with Crippen molar-refractivity contribution in [1.29, 1.82) is 0 Å². The van der Waals surface area contributed by atoms with E-state index in [1.807, 2.05) is 0 Å². The maximum Gasteiger partial charge on any atom is 0.367 e. The number of nitrogens with zero attached hydrogens (tertiary/aromatic N) is 2. The lowest BCUT2D eigenvalue weighted by atomic mass is 10.2. The number of benzene rings is 1. The Morgan fingerprint density at radius 1 is 1.56 bits per heavy atom. The average molecular weight is 266 g/mol. The topological polar surface area (TPSA) is 82.3 Å². The van der Waals surface area contributed by atoms with Crippen LogP contribution in [0.1, 0.15) is 22.3 Å². The Kier molecular flexibility index (Phi) is 3.24. The van der Waals surface area contributed by atoms with Crippen molar-refractivity contribution in [2.75, 3.05) is 6.61 Å². The molecule has 0 aliphatic heterocycles. The lowest BCUT2D eigenvalue weighted by Gasteiger charge is -1.94. The summed E-state index contributed by atoms with van der Waals surface area (Å²) in [4.78, 5) is 26.1. The molecule has 0 bridgehead atoms. The van der Waals surface area contributed by atoms with E-state index in [-0.39, 0.29) is 17.3 Å². The lowest BCUT2D eigenvalue weighted by molar-refractivity contribution is -0.382. The van der Waals surface area contributed by atoms with Crippen LogP contribution in [0.2, 0.25) is 0 Å². The van der Waals surface area contributed by atoms with Gasteiger partial charge >= 0.3 is 5.97 Å². The molecule has 0 saturated carbocycles. The zero-order chi connectivity index (χ0) is 13.3. The van der Waals surface area contributed by atoms with Crippen molar-refractivity contribution in [1.82, 2.24) is 4.98 Å². The molecule has 0 atom stereocenters. The first-order valence-electron chi connectivity index (χ1n) is 5.25. The van der Waals surface area contributed by atoms with E-state index >= 15 is 0 Å². The molecule has 18 heavy (non-hydrogen) atoms. The summed E-state index contributed by atoms with van der Waals surface area (Å²) < 4.78 is 5.22. The number of esters is 1. The first-order chi connectivity index (χ1) is 8.52. The lowest BCUT2D eigenvalue weighted by Crippen LogP contribution is -2.03. The third-order valence-electron chi connectivity index (χ3n) is 2.26. The van der Waals surface area contributed by atoms with Crippen LogP contribution in [0.5, 0.6) is 0 Å². The van der Waals surface area contributed by atoms with Gasteiger partial charge in [-0.2, -0.15) is 0 Å². The average Bonchev–Trinajstić information content (AvgIpc) is 2.71. The van der Waals surface area contributed by atoms with Gasteiger partial charge in [0.05, 0.1) is 17.0 Å². The Bertz CT molecular complexity index is 635. The number of aromatic nitrogens is 1. The van der Waals surface area contributed by atoms with Crippen LogP contribution in [0.4, 0.5) is 5.69 Å². The molecule has 0 radical (unpaired) electrons. The van der Waals surface area contributed by atoms with Crippen LogP contribution in [0.25, 0.3) is 10.2 Å². The maximum absolute atomic E-state index is 11.5. The molecule has 0 amide bonds. The number of carbonyl (C=O) groups is 1. The van der Waals surface area contributed by atoms with Gasteiger partial charge in [0.2, 0.25) is 5.01 Å². The third-order valence-corrected chi connectivity index (χ3v) is 3.34. The second-order valence-electron chi connectivity index (χ2n) is 3.63. The van der Waals surface area contributed by atoms with Crippen molar-refractivity contribution in [3.8, 4) is 0 Å². The van der Waals surface area contributed by atoms with Gasteiger partial charge in [-0.1, -0.05) is 11.3 Å². The van der Waals surface area contributed by atoms with Gasteiger partial charge in [-0.25, -0.2) is 9.78 Å². The normalized spacial score (nSPS) is 10.6. The minimum atomic E-state index is -0.550. The summed E-state index contributed by atoms with van der Waals surface area (Å²) in [6, 6.07) is 3.18. The van der Waals surface area contributed by atoms with Crippen LogP contribution in [0.15, 0.2) is 12.1 Å². The van der Waals surface area contributed by atoms with E-state index in [4.69, 9.17) is 4.74 Å². The number of thiazole rings is 1. The number of nitro benzene ring substituents is 1. The third kappa shape index (κ3) is 2.17. The second-order valence-corrected chi connectivity index (χ2v) is 4.63. The highest BCUT2D eigenvalue weighted by Crippen LogP contribution is 2.32. The predicted octanol–water partition coefficient (Wildman–Crippen LogP) is 2.69. The van der Waals surface area contributed by atoms with Gasteiger partial charge in [-0.15, -0.1) is 0 Å². The molecule has 0 spiro atoms. The number of hydrogen-bond acceptors (Lipinski definition) is 6. The summed E-state index contributed by atoms with van der Waals surface area (Å²) in [6.45, 7) is 3.68. The molecule has 1 aromatic heterocycles. The smallest absolute Gasteiger partial charge is 0.367 e. The van der Waals surface area contributed by atoms with E-state index in [1.54, 1.807) is 19.9 Å². The molecule has 2 rings (SSSR count). The summed E-state index contributed by atoms with van der Waals surface area (Å²) in [5, 5.41) is 11.1. The fraction of sp³-hybridized carbons (Fsp3) is 0.273. The van der Waals surface area contributed by atoms with Crippen LogP contribution < -0.4 is 0 Å². The van der Waals surface area contributed by atoms with Crippen molar-refractivity contribution >= 4 is 33.2 Å². The zero-order valence-electron chi connectivity index (χ0n) is 9.80. The molecule has 0 fully saturated rings. The Balaban J connectivity index is 2.60. The summed E-state index contributed by atoms with van der Waals surface area (Å²) >= 11 is 0.982. The molecule has 0 saturated heterocycles. The molecule has 0 aliphatic rings. The highest BCUT2D eigenvalue weighted by Gasteiger charge is 2.20. The van der Waals surface area contributed by atoms with Gasteiger partial charge in [-0.3, -0.25) is 10.1 Å². The highest BCUT2D eigenvalue weighted by molar-refractivity contribution is 7.20. The van der Waals surface area contributed by atoms with E-state index in [0.29, 0.717) is 10.2 Å². The number of non-ortho nitro benzene ring substituents is 1. The Hall–Kier alpha value is -2.02. The van der Waals surface area contributed by atoms with E-state index in [0.717, 1.165) is 16.9 Å². The van der Waals surface area contributed by atoms with Gasteiger partial charge in [0, 0.05) is 6.07 Å². The Morgan fingerprint density at radius 3 is 2.89 bits per heavy atom. The van der Waals surface area contributed by atoms with Gasteiger partial charge in [0.15, 0.2) is 0 Å². The van der Waals surface area contributed by atoms with Crippen molar-refractivity contribution in [2.45, 2.75) is 13.8 Å². The van der Waals surface area contributed by atoms with E-state index in [1.165, 1.54) is 6.07 Å². The van der Waals surface area contributed by atoms with Crippen LogP contribution in [-0.4, -0.2) is 22.5 Å². The molecule has 0 unspecified atom stereocenters. The van der Waals surface area contributed by atoms with Gasteiger partial charge < -0.3 is 4.74 Å². The number of aryl methyl sites for hydroxylation is 1. The fourth-order valence-corrected chi connectivity index (χ4v) is 2.49. The maximum atomic E-state index is 11.5. The zero-order valence-corrected chi connectivity index (χ0v) is 10.6. The first-order valence-corrected chi connectivity index (χ1v) is 6.07. The fourth-order valence-electron chi connectivity index (χ4n) is 1.57. The predicted molar refractivity (Wildman–Crippen MR) is 67.0 cm³/mol. The number of ether oxygens (including phenoxy) is 1. The number of fused-ring (bicyclic) bond motifs is 1. The van der Waals surface area contributed by atoms with E-state index in [2.05, 4.69) is 4.98 Å². The molecule has 2 aromatic rings. The van der Waals surface area contributed by atoms with Crippen LogP contribution in [-0.2, 0) is 4.74 Å². The SMILES string of the molecule is CCOC(=O)c1nc2cc(C)cc([N+](=O)[O-])c2s1. The molecule has 1 heterocycles. The summed E-state index contributed by atoms with van der Waals surface area (Å²) in [6.07, 6.45) is 0. The van der Waals surface area contributed by atoms with Gasteiger partial charge in [0.1, 0.15) is 4.70 Å². The quantitative estimate of drug-likeness (QED) is 0.484. The van der Waals surface area contributed by atoms with Crippen LogP contribution >= 0.6 is 11.3 Å². The standard InChI is InChI=1S/C11H10N2O4S/c1-3-17-11(14)10-12-7-4-6(2)5-8(13(15)16)9(7)18-10/h4-5H,3H2,1-2H3. The Morgan fingerprint density at radius 2 is 2.28 bits per heavy atom. The molecule has 7 heteroatoms. The molecular formula is C11H10N2O4S. The molecule has 0 N–H and O–H groups in total. The summed E-state index contributed by atoms with van der Waals surface area (Å²) in [5.41, 5.74) is 1.16. The molecule has 0 aliphatic carbocycles. The van der Waals surface area contributed by atoms with Crippen LogP contribution in [0, 0.1) is 17.0 Å². The van der Waals surface area contributed by atoms with Crippen molar-refractivity contribution < 1.29 is 14.5 Å². The summed E-state index contributed by atoms with van der Waals surface area (Å²) in [5.74, 6) is -0.550. The summed E-state index contributed by atoms with van der Waals surface area (Å²) in [7, 11) is 0. The highest BCUT2D eigenvalue weighted by atomic mass is 32.1. The number of hydrogen-bond donors (Lipinski definition) is 0. The van der Waals surface area contributed by atoms with Crippen LogP contribution in [0.3, 0.4) is 0 Å². The number of rotatable bonds is 3. The first kappa shape index (κ1) is 12.4. The molecule has 1 aromatic carbocycles. The van der Waals surface area contributed by atoms with Crippen molar-refractivity contribution in [2.24, 2.45) is 0 Å². The van der Waals surface area contributed by atoms with E-state index < -0.39 is 10.9 Å². The van der Waals surface area contributed by atoms with Gasteiger partial charge in [0.25, 0.3) is 5.69 Å². The van der Waals surface area contributed by atoms with Crippen molar-refractivity contribution in [3.05, 3.63) is 32.8 Å². The van der Waals surface area contributed by atoms with Gasteiger partial charge in [-0.05, 0) is 25.5 Å². The minimum absolute atomic E-state index is 0.0296. The number of carbonyl (C=O) groups excluding carboxylic acids is 1. The Labute approximate surface area is 106 Å². The number of nitro groups is 1.